The van der Waals surface area contributed by atoms with Crippen LogP contribution in [-0.4, -0.2) is 24.0 Å². The van der Waals surface area contributed by atoms with Gasteiger partial charge >= 0.3 is 0 Å². The normalized spacial score (nSPS) is 12.3. The van der Waals surface area contributed by atoms with Crippen molar-refractivity contribution in [3.05, 3.63) is 48.0 Å². The summed E-state index contributed by atoms with van der Waals surface area (Å²) in [5.74, 6) is 1.50. The van der Waals surface area contributed by atoms with Gasteiger partial charge in [0, 0.05) is 12.4 Å². The summed E-state index contributed by atoms with van der Waals surface area (Å²) in [7, 11) is -1.69. The Hall–Kier alpha value is -2.01. The predicted molar refractivity (Wildman–Crippen MR) is 89.1 cm³/mol. The van der Waals surface area contributed by atoms with Crippen molar-refractivity contribution in [3.63, 3.8) is 0 Å². The highest BCUT2D eigenvalue weighted by Crippen LogP contribution is 2.33. The molecule has 0 fully saturated rings. The lowest BCUT2D eigenvalue weighted by molar-refractivity contribution is 0.554. The fourth-order valence-corrected chi connectivity index (χ4v) is 2.76. The molecule has 21 heavy (non-hydrogen) atoms. The van der Waals surface area contributed by atoms with Gasteiger partial charge in [0.2, 0.25) is 8.32 Å². The summed E-state index contributed by atoms with van der Waals surface area (Å²) in [4.78, 5) is 13.1. The van der Waals surface area contributed by atoms with E-state index in [-0.39, 0.29) is 0 Å². The number of benzene rings is 1. The Balaban J connectivity index is 2.43. The molecule has 0 saturated heterocycles. The second-order valence-corrected chi connectivity index (χ2v) is 10.3. The summed E-state index contributed by atoms with van der Waals surface area (Å²) in [6.45, 7) is 10.5. The molecule has 0 spiro atoms. The van der Waals surface area contributed by atoms with Crippen molar-refractivity contribution < 1.29 is 4.43 Å². The van der Waals surface area contributed by atoms with Crippen molar-refractivity contribution in [2.24, 2.45) is 4.99 Å². The highest BCUT2D eigenvalue weighted by molar-refractivity contribution is 6.70. The van der Waals surface area contributed by atoms with Crippen LogP contribution < -0.4 is 4.43 Å². The first-order valence-electron chi connectivity index (χ1n) is 6.98. The van der Waals surface area contributed by atoms with Gasteiger partial charge in [0.05, 0.1) is 5.71 Å². The number of hydrogen-bond acceptors (Lipinski definition) is 4. The van der Waals surface area contributed by atoms with Crippen LogP contribution in [0.4, 0.5) is 5.69 Å². The summed E-state index contributed by atoms with van der Waals surface area (Å²) >= 11 is 0. The molecule has 0 unspecified atom stereocenters. The van der Waals surface area contributed by atoms with Gasteiger partial charge in [-0.2, -0.15) is 0 Å². The molecule has 0 amide bonds. The first-order valence-corrected chi connectivity index (χ1v) is 10.4. The smallest absolute Gasteiger partial charge is 0.242 e. The lowest BCUT2D eigenvalue weighted by Crippen LogP contribution is -2.29. The monoisotopic (exact) mass is 299 g/mol. The molecule has 1 heterocycles. The third-order valence-electron chi connectivity index (χ3n) is 2.78. The molecule has 0 aliphatic carbocycles. The molecule has 0 atom stereocenters. The number of aliphatic imine (C=N–C) groups is 1. The van der Waals surface area contributed by atoms with E-state index >= 15 is 0 Å². The first-order chi connectivity index (χ1) is 9.87. The van der Waals surface area contributed by atoms with Crippen molar-refractivity contribution >= 4 is 19.7 Å². The van der Waals surface area contributed by atoms with Gasteiger partial charge < -0.3 is 4.43 Å². The average molecular weight is 299 g/mol. The maximum absolute atomic E-state index is 6.19. The van der Waals surface area contributed by atoms with Gasteiger partial charge in [0.1, 0.15) is 11.4 Å². The van der Waals surface area contributed by atoms with Crippen molar-refractivity contribution in [2.75, 3.05) is 0 Å². The minimum absolute atomic E-state index is 0.637. The molecule has 0 aliphatic heterocycles. The molecule has 1 aromatic carbocycles. The number of rotatable bonds is 4. The number of aryl methyl sites for hydroxylation is 1. The van der Waals surface area contributed by atoms with E-state index in [4.69, 9.17) is 4.43 Å². The summed E-state index contributed by atoms with van der Waals surface area (Å²) in [5.41, 5.74) is 2.71. The van der Waals surface area contributed by atoms with Gasteiger partial charge in [-0.1, -0.05) is 12.1 Å². The van der Waals surface area contributed by atoms with Crippen molar-refractivity contribution in [2.45, 2.75) is 33.5 Å². The lowest BCUT2D eigenvalue weighted by Gasteiger charge is -2.22. The molecule has 0 saturated carbocycles. The molecule has 5 heteroatoms. The Labute approximate surface area is 127 Å². The van der Waals surface area contributed by atoms with Gasteiger partial charge in [-0.15, -0.1) is 0 Å². The molecule has 110 valence electrons. The Bertz CT molecular complexity index is 648. The van der Waals surface area contributed by atoms with Gasteiger partial charge in [0.15, 0.2) is 5.82 Å². The predicted octanol–water partition coefficient (Wildman–Crippen LogP) is 4.14. The second-order valence-electron chi connectivity index (χ2n) is 5.91. The summed E-state index contributed by atoms with van der Waals surface area (Å²) in [6.07, 6.45) is 3.44. The average Bonchev–Trinajstić information content (AvgIpc) is 2.42. The number of para-hydroxylation sites is 1. The highest BCUT2D eigenvalue weighted by atomic mass is 28.4. The molecule has 1 aromatic heterocycles. The van der Waals surface area contributed by atoms with Gasteiger partial charge in [-0.3, -0.25) is 0 Å². The Morgan fingerprint density at radius 1 is 1.10 bits per heavy atom. The second kappa shape index (κ2) is 6.18. The van der Waals surface area contributed by atoms with Crippen molar-refractivity contribution in [3.8, 4) is 5.75 Å². The summed E-state index contributed by atoms with van der Waals surface area (Å²) < 4.78 is 6.19. The molecular weight excluding hydrogens is 278 g/mol. The zero-order chi connectivity index (χ0) is 15.5. The third kappa shape index (κ3) is 4.22. The minimum atomic E-state index is -1.69. The maximum atomic E-state index is 6.19. The Morgan fingerprint density at radius 2 is 1.76 bits per heavy atom. The standard InChI is InChI=1S/C16H21N3OSi/c1-12-8-6-9-14(15(12)20-21(3,4)5)19-13(2)16-17-10-7-11-18-16/h6-11H,1-5H3. The lowest BCUT2D eigenvalue weighted by atomic mass is 10.2. The third-order valence-corrected chi connectivity index (χ3v) is 3.59. The quantitative estimate of drug-likeness (QED) is 0.629. The van der Waals surface area contributed by atoms with E-state index < -0.39 is 8.32 Å². The zero-order valence-electron chi connectivity index (χ0n) is 13.2. The first kappa shape index (κ1) is 15.4. The van der Waals surface area contributed by atoms with E-state index in [9.17, 15) is 0 Å². The fourth-order valence-electron chi connectivity index (χ4n) is 1.88. The molecule has 4 nitrogen and oxygen atoms in total. The Kier molecular flexibility index (Phi) is 4.52. The van der Waals surface area contributed by atoms with E-state index in [0.717, 1.165) is 22.7 Å². The van der Waals surface area contributed by atoms with Crippen LogP contribution in [0.3, 0.4) is 0 Å². The van der Waals surface area contributed by atoms with Gasteiger partial charge in [-0.25, -0.2) is 15.0 Å². The van der Waals surface area contributed by atoms with Crippen LogP contribution in [0.5, 0.6) is 5.75 Å². The van der Waals surface area contributed by atoms with Crippen molar-refractivity contribution in [1.82, 2.24) is 9.97 Å². The van der Waals surface area contributed by atoms with E-state index in [1.54, 1.807) is 18.5 Å². The summed E-state index contributed by atoms with van der Waals surface area (Å²) in [6, 6.07) is 7.80. The van der Waals surface area contributed by atoms with E-state index in [1.165, 1.54) is 0 Å². The van der Waals surface area contributed by atoms with Crippen LogP contribution in [-0.2, 0) is 0 Å². The molecule has 0 bridgehead atoms. The summed E-state index contributed by atoms with van der Waals surface area (Å²) in [5, 5.41) is 0. The van der Waals surface area contributed by atoms with Crippen LogP contribution in [0.1, 0.15) is 18.3 Å². The number of hydrogen-bond donors (Lipinski definition) is 0. The van der Waals surface area contributed by atoms with Crippen LogP contribution >= 0.6 is 0 Å². The topological polar surface area (TPSA) is 47.4 Å². The van der Waals surface area contributed by atoms with E-state index in [1.807, 2.05) is 32.0 Å². The van der Waals surface area contributed by atoms with Gasteiger partial charge in [-0.05, 0) is 51.2 Å². The largest absolute Gasteiger partial charge is 0.543 e. The van der Waals surface area contributed by atoms with Crippen molar-refractivity contribution in [1.29, 1.82) is 0 Å². The SMILES string of the molecule is CC(=Nc1cccc(C)c1O[Si](C)(C)C)c1ncccn1. The Morgan fingerprint density at radius 3 is 2.38 bits per heavy atom. The molecule has 0 N–H and O–H groups in total. The molecule has 0 radical (unpaired) electrons. The fraction of sp³-hybridized carbons (Fsp3) is 0.312. The maximum Gasteiger partial charge on any atom is 0.242 e. The number of aromatic nitrogens is 2. The molecule has 0 aliphatic rings. The van der Waals surface area contributed by atoms with E-state index in [0.29, 0.717) is 5.82 Å². The van der Waals surface area contributed by atoms with E-state index in [2.05, 4.69) is 34.6 Å². The minimum Gasteiger partial charge on any atom is -0.543 e. The molecule has 2 aromatic rings. The van der Waals surface area contributed by atoms with Crippen LogP contribution in [0.2, 0.25) is 19.6 Å². The van der Waals surface area contributed by atoms with Crippen LogP contribution in [0.15, 0.2) is 41.7 Å². The molecule has 2 rings (SSSR count). The number of nitrogens with zero attached hydrogens (tertiary/aromatic N) is 3. The van der Waals surface area contributed by atoms with Crippen LogP contribution in [0.25, 0.3) is 0 Å². The zero-order valence-corrected chi connectivity index (χ0v) is 14.2. The van der Waals surface area contributed by atoms with Crippen LogP contribution in [0, 0.1) is 6.92 Å². The molecular formula is C16H21N3OSi. The highest BCUT2D eigenvalue weighted by Gasteiger charge is 2.19. The van der Waals surface area contributed by atoms with Gasteiger partial charge in [0.25, 0.3) is 0 Å².